The summed E-state index contributed by atoms with van der Waals surface area (Å²) in [6, 6.07) is 5.20. The lowest BCUT2D eigenvalue weighted by Crippen LogP contribution is -2.33. The minimum atomic E-state index is -4.61. The molecule has 0 aliphatic carbocycles. The van der Waals surface area contributed by atoms with E-state index in [9.17, 15) is 0 Å². The fraction of sp³-hybridized carbons (Fsp3) is 0.250. The molecule has 15 heavy (non-hydrogen) atoms. The molecule has 0 atom stereocenters. The van der Waals surface area contributed by atoms with Crippen LogP contribution in [0.1, 0.15) is 5.56 Å². The Morgan fingerprint density at radius 2 is 1.60 bits per heavy atom. The highest BCUT2D eigenvalue weighted by molar-refractivity contribution is 6.46. The van der Waals surface area contributed by atoms with E-state index in [0.29, 0.717) is 0 Å². The molecule has 86 valence electrons. The largest absolute Gasteiger partial charge is 0.668 e. The van der Waals surface area contributed by atoms with Gasteiger partial charge in [-0.1, -0.05) is 6.07 Å². The van der Waals surface area contributed by atoms with E-state index in [2.05, 4.69) is 0 Å². The van der Waals surface area contributed by atoms with Crippen LogP contribution in [0.2, 0.25) is 0 Å². The van der Waals surface area contributed by atoms with Crippen molar-refractivity contribution in [3.05, 3.63) is 23.8 Å². The molecular formula is C8H14O6Si. The van der Waals surface area contributed by atoms with Crippen molar-refractivity contribution in [2.24, 2.45) is 0 Å². The van der Waals surface area contributed by atoms with E-state index >= 15 is 0 Å². The Morgan fingerprint density at radius 3 is 1.93 bits per heavy atom. The first-order valence-electron chi connectivity index (χ1n) is 3.97. The van der Waals surface area contributed by atoms with Gasteiger partial charge in [0.25, 0.3) is 0 Å². The zero-order valence-corrected chi connectivity index (χ0v) is 9.38. The van der Waals surface area contributed by atoms with Crippen molar-refractivity contribution < 1.29 is 29.0 Å². The molecule has 0 saturated heterocycles. The van der Waals surface area contributed by atoms with Gasteiger partial charge in [-0.25, -0.2) is 0 Å². The molecule has 0 aliphatic rings. The lowest BCUT2D eigenvalue weighted by molar-refractivity contribution is 0.117. The van der Waals surface area contributed by atoms with E-state index in [-0.39, 0.29) is 5.75 Å². The molecule has 0 amide bonds. The van der Waals surface area contributed by atoms with Crippen LogP contribution >= 0.6 is 0 Å². The fourth-order valence-electron chi connectivity index (χ4n) is 0.824. The van der Waals surface area contributed by atoms with E-state index in [1.54, 1.807) is 19.2 Å². The van der Waals surface area contributed by atoms with E-state index in [1.807, 2.05) is 13.0 Å². The average molecular weight is 234 g/mol. The molecule has 1 aromatic rings. The van der Waals surface area contributed by atoms with Gasteiger partial charge in [0, 0.05) is 5.56 Å². The molecule has 1 aromatic carbocycles. The molecular weight excluding hydrogens is 220 g/mol. The van der Waals surface area contributed by atoms with Gasteiger partial charge in [-0.2, -0.15) is 0 Å². The van der Waals surface area contributed by atoms with Crippen LogP contribution in [0.25, 0.3) is 0 Å². The maximum absolute atomic E-state index is 9.15. The number of rotatable bonds is 1. The summed E-state index contributed by atoms with van der Waals surface area (Å²) in [6.45, 7) is 1.81. The summed E-state index contributed by atoms with van der Waals surface area (Å²) < 4.78 is 4.97. The first kappa shape index (κ1) is 13.9. The molecule has 5 N–H and O–H groups in total. The number of hydrogen-bond donors (Lipinski definition) is 5. The highest BCUT2D eigenvalue weighted by Gasteiger charge is 2.22. The van der Waals surface area contributed by atoms with Crippen molar-refractivity contribution >= 4 is 9.05 Å². The van der Waals surface area contributed by atoms with E-state index in [4.69, 9.17) is 29.0 Å². The van der Waals surface area contributed by atoms with Gasteiger partial charge in [0.15, 0.2) is 0 Å². The quantitative estimate of drug-likeness (QED) is 0.403. The maximum Gasteiger partial charge on any atom is 0.668 e. The van der Waals surface area contributed by atoms with Gasteiger partial charge in [0.1, 0.15) is 11.5 Å². The summed E-state index contributed by atoms with van der Waals surface area (Å²) in [5.74, 6) is 0.999. The number of phenols is 1. The van der Waals surface area contributed by atoms with Crippen LogP contribution in [0.3, 0.4) is 0 Å². The first-order chi connectivity index (χ1) is 6.75. The van der Waals surface area contributed by atoms with Crippen LogP contribution in [0, 0.1) is 6.92 Å². The van der Waals surface area contributed by atoms with Gasteiger partial charge >= 0.3 is 9.05 Å². The topological polar surface area (TPSA) is 110 Å². The SMILES string of the molecule is COc1cccc(O)c1C.O[Si](O)(O)O. The van der Waals surface area contributed by atoms with Crippen molar-refractivity contribution in [2.45, 2.75) is 6.92 Å². The minimum absolute atomic E-state index is 0.277. The number of benzene rings is 1. The Kier molecular flexibility index (Phi) is 5.26. The summed E-state index contributed by atoms with van der Waals surface area (Å²) in [5, 5.41) is 9.15. The highest BCUT2D eigenvalue weighted by Crippen LogP contribution is 2.24. The second-order valence-corrected chi connectivity index (χ2v) is 3.90. The Labute approximate surface area is 88.1 Å². The average Bonchev–Trinajstić information content (AvgIpc) is 2.07. The van der Waals surface area contributed by atoms with E-state index in [1.165, 1.54) is 0 Å². The van der Waals surface area contributed by atoms with Gasteiger partial charge in [-0.15, -0.1) is 0 Å². The van der Waals surface area contributed by atoms with E-state index in [0.717, 1.165) is 11.3 Å². The summed E-state index contributed by atoms with van der Waals surface area (Å²) in [4.78, 5) is 29.3. The molecule has 0 heterocycles. The zero-order chi connectivity index (χ0) is 12.1. The second-order valence-electron chi connectivity index (χ2n) is 2.70. The molecule has 0 saturated carbocycles. The van der Waals surface area contributed by atoms with Crippen molar-refractivity contribution in [1.82, 2.24) is 0 Å². The second kappa shape index (κ2) is 5.68. The Balaban J connectivity index is 0.000000336. The Bertz CT molecular complexity index is 302. The molecule has 1 rings (SSSR count). The first-order valence-corrected chi connectivity index (χ1v) is 5.76. The predicted molar refractivity (Wildman–Crippen MR) is 54.0 cm³/mol. The van der Waals surface area contributed by atoms with Gasteiger partial charge in [-0.05, 0) is 19.1 Å². The number of hydrogen-bond acceptors (Lipinski definition) is 6. The number of ether oxygens (including phenoxy) is 1. The van der Waals surface area contributed by atoms with Crippen LogP contribution in [-0.4, -0.2) is 40.4 Å². The Morgan fingerprint density at radius 1 is 1.13 bits per heavy atom. The van der Waals surface area contributed by atoms with Crippen LogP contribution in [-0.2, 0) is 0 Å². The van der Waals surface area contributed by atoms with Crippen LogP contribution in [0.5, 0.6) is 11.5 Å². The van der Waals surface area contributed by atoms with Crippen molar-refractivity contribution in [1.29, 1.82) is 0 Å². The third-order valence-corrected chi connectivity index (χ3v) is 1.48. The molecule has 7 heteroatoms. The molecule has 0 unspecified atom stereocenters. The van der Waals surface area contributed by atoms with E-state index < -0.39 is 9.05 Å². The minimum Gasteiger partial charge on any atom is -0.508 e. The summed E-state index contributed by atoms with van der Waals surface area (Å²) in [7, 11) is -3.03. The normalized spacial score (nSPS) is 10.3. The van der Waals surface area contributed by atoms with Gasteiger partial charge < -0.3 is 29.0 Å². The van der Waals surface area contributed by atoms with Crippen molar-refractivity contribution in [2.75, 3.05) is 7.11 Å². The summed E-state index contributed by atoms with van der Waals surface area (Å²) in [5.41, 5.74) is 0.782. The predicted octanol–water partition coefficient (Wildman–Crippen LogP) is -0.900. The lowest BCUT2D eigenvalue weighted by atomic mass is 10.2. The summed E-state index contributed by atoms with van der Waals surface area (Å²) in [6.07, 6.45) is 0. The number of phenolic OH excluding ortho intramolecular Hbond substituents is 1. The standard InChI is InChI=1S/C8H10O2.H4O4Si/c1-6-7(9)4-3-5-8(6)10-2;1-5(2,3)4/h3-5,9H,1-2H3;1-4H. The monoisotopic (exact) mass is 234 g/mol. The lowest BCUT2D eigenvalue weighted by Gasteiger charge is -2.04. The molecule has 6 nitrogen and oxygen atoms in total. The molecule has 0 bridgehead atoms. The third kappa shape index (κ3) is 6.88. The third-order valence-electron chi connectivity index (χ3n) is 1.48. The molecule has 0 spiro atoms. The Hall–Kier alpha value is -1.12. The van der Waals surface area contributed by atoms with Gasteiger partial charge in [0.2, 0.25) is 0 Å². The highest BCUT2D eigenvalue weighted by atomic mass is 28.4. The zero-order valence-electron chi connectivity index (χ0n) is 8.38. The fourth-order valence-corrected chi connectivity index (χ4v) is 0.824. The number of aromatic hydroxyl groups is 1. The number of methoxy groups -OCH3 is 1. The molecule has 0 aromatic heterocycles. The van der Waals surface area contributed by atoms with Crippen molar-refractivity contribution in [3.8, 4) is 11.5 Å². The van der Waals surface area contributed by atoms with Crippen LogP contribution in [0.15, 0.2) is 18.2 Å². The van der Waals surface area contributed by atoms with Gasteiger partial charge in [0.05, 0.1) is 7.11 Å². The van der Waals surface area contributed by atoms with Gasteiger partial charge in [-0.3, -0.25) is 0 Å². The van der Waals surface area contributed by atoms with Crippen LogP contribution in [0.4, 0.5) is 0 Å². The smallest absolute Gasteiger partial charge is 0.508 e. The molecule has 0 radical (unpaired) electrons. The van der Waals surface area contributed by atoms with Crippen LogP contribution < -0.4 is 4.74 Å². The summed E-state index contributed by atoms with van der Waals surface area (Å²) >= 11 is 0. The maximum atomic E-state index is 9.15. The molecule has 0 aliphatic heterocycles. The van der Waals surface area contributed by atoms with Crippen molar-refractivity contribution in [3.63, 3.8) is 0 Å². The molecule has 0 fully saturated rings.